The van der Waals surface area contributed by atoms with Crippen molar-refractivity contribution < 1.29 is 4.74 Å². The highest BCUT2D eigenvalue weighted by molar-refractivity contribution is 9.10. The molecular weight excluding hydrogens is 232 g/mol. The summed E-state index contributed by atoms with van der Waals surface area (Å²) in [5, 5.41) is 8.73. The van der Waals surface area contributed by atoms with Crippen LogP contribution in [0, 0.1) is 11.3 Å². The summed E-state index contributed by atoms with van der Waals surface area (Å²) in [6.07, 6.45) is 4.05. The maximum Gasteiger partial charge on any atom is 0.182 e. The lowest BCUT2D eigenvalue weighted by Gasteiger charge is -2.04. The largest absolute Gasteiger partial charge is 0.487 e. The Kier molecular flexibility index (Phi) is 2.19. The van der Waals surface area contributed by atoms with E-state index in [-0.39, 0.29) is 0 Å². The molecule has 1 heterocycles. The third-order valence-electron chi connectivity index (χ3n) is 1.74. The molecule has 0 unspecified atom stereocenters. The zero-order valence-corrected chi connectivity index (χ0v) is 8.41. The molecule has 1 aromatic heterocycles. The average molecular weight is 239 g/mol. The van der Waals surface area contributed by atoms with Crippen molar-refractivity contribution in [2.75, 3.05) is 0 Å². The minimum Gasteiger partial charge on any atom is -0.487 e. The molecule has 2 rings (SSSR count). The molecule has 0 aliphatic heterocycles. The van der Waals surface area contributed by atoms with Gasteiger partial charge in [0.15, 0.2) is 11.4 Å². The second kappa shape index (κ2) is 3.35. The lowest BCUT2D eigenvalue weighted by atomic mass is 10.3. The van der Waals surface area contributed by atoms with Gasteiger partial charge in [-0.1, -0.05) is 0 Å². The standard InChI is InChI=1S/C9H7BrN2O/c10-6-3-9(13-7-1-2-7)8(4-11)12-5-6/h3,5,7H,1-2H2. The molecule has 1 aliphatic carbocycles. The van der Waals surface area contributed by atoms with Gasteiger partial charge in [-0.25, -0.2) is 4.98 Å². The number of nitrogens with zero attached hydrogens (tertiary/aromatic N) is 2. The fraction of sp³-hybridized carbons (Fsp3) is 0.333. The first-order valence-corrected chi connectivity index (χ1v) is 4.81. The van der Waals surface area contributed by atoms with Crippen LogP contribution in [-0.2, 0) is 0 Å². The Morgan fingerprint density at radius 1 is 1.62 bits per heavy atom. The molecule has 0 amide bonds. The molecule has 0 radical (unpaired) electrons. The number of hydrogen-bond acceptors (Lipinski definition) is 3. The van der Waals surface area contributed by atoms with E-state index >= 15 is 0 Å². The van der Waals surface area contributed by atoms with Crippen molar-refractivity contribution in [2.24, 2.45) is 0 Å². The van der Waals surface area contributed by atoms with Gasteiger partial charge < -0.3 is 4.74 Å². The number of pyridine rings is 1. The highest BCUT2D eigenvalue weighted by Gasteiger charge is 2.24. The highest BCUT2D eigenvalue weighted by atomic mass is 79.9. The van der Waals surface area contributed by atoms with E-state index in [1.165, 1.54) is 0 Å². The van der Waals surface area contributed by atoms with Crippen LogP contribution in [0.5, 0.6) is 5.75 Å². The molecule has 66 valence electrons. The van der Waals surface area contributed by atoms with Crippen molar-refractivity contribution in [3.63, 3.8) is 0 Å². The lowest BCUT2D eigenvalue weighted by molar-refractivity contribution is 0.301. The Morgan fingerprint density at radius 2 is 2.38 bits per heavy atom. The minimum atomic E-state index is 0.295. The third kappa shape index (κ3) is 1.99. The molecule has 1 aliphatic rings. The third-order valence-corrected chi connectivity index (χ3v) is 2.18. The van der Waals surface area contributed by atoms with Gasteiger partial charge >= 0.3 is 0 Å². The van der Waals surface area contributed by atoms with Crippen molar-refractivity contribution in [1.29, 1.82) is 5.26 Å². The molecule has 4 heteroatoms. The van der Waals surface area contributed by atoms with Crippen molar-refractivity contribution in [3.05, 3.63) is 22.4 Å². The molecule has 13 heavy (non-hydrogen) atoms. The predicted octanol–water partition coefficient (Wildman–Crippen LogP) is 2.26. The Morgan fingerprint density at radius 3 is 3.00 bits per heavy atom. The first-order valence-electron chi connectivity index (χ1n) is 4.02. The number of nitriles is 1. The molecular formula is C9H7BrN2O. The van der Waals surface area contributed by atoms with Gasteiger partial charge in [-0.15, -0.1) is 0 Å². The maximum atomic E-state index is 8.73. The SMILES string of the molecule is N#Cc1ncc(Br)cc1OC1CC1. The van der Waals surface area contributed by atoms with Gasteiger partial charge in [0.1, 0.15) is 6.07 Å². The van der Waals surface area contributed by atoms with Crippen molar-refractivity contribution >= 4 is 15.9 Å². The van der Waals surface area contributed by atoms with Crippen LogP contribution in [0.4, 0.5) is 0 Å². The van der Waals surface area contributed by atoms with Crippen LogP contribution in [-0.4, -0.2) is 11.1 Å². The van der Waals surface area contributed by atoms with E-state index in [0.717, 1.165) is 17.3 Å². The Labute approximate surface area is 84.5 Å². The van der Waals surface area contributed by atoms with Crippen molar-refractivity contribution in [1.82, 2.24) is 4.98 Å². The zero-order chi connectivity index (χ0) is 9.26. The van der Waals surface area contributed by atoms with E-state index in [1.807, 2.05) is 6.07 Å². The summed E-state index contributed by atoms with van der Waals surface area (Å²) in [6, 6.07) is 3.78. The molecule has 1 aromatic rings. The summed E-state index contributed by atoms with van der Waals surface area (Å²) in [4.78, 5) is 3.94. The topological polar surface area (TPSA) is 45.9 Å². The van der Waals surface area contributed by atoms with E-state index in [9.17, 15) is 0 Å². The van der Waals surface area contributed by atoms with Crippen LogP contribution in [0.3, 0.4) is 0 Å². The summed E-state index contributed by atoms with van der Waals surface area (Å²) >= 11 is 3.28. The number of halogens is 1. The first-order chi connectivity index (χ1) is 6.29. The average Bonchev–Trinajstić information content (AvgIpc) is 2.89. The van der Waals surface area contributed by atoms with Gasteiger partial charge in [0, 0.05) is 10.7 Å². The van der Waals surface area contributed by atoms with E-state index in [0.29, 0.717) is 17.5 Å². The van der Waals surface area contributed by atoms with E-state index in [4.69, 9.17) is 10.00 Å². The van der Waals surface area contributed by atoms with Crippen LogP contribution in [0.25, 0.3) is 0 Å². The number of ether oxygens (including phenoxy) is 1. The van der Waals surface area contributed by atoms with Crippen LogP contribution >= 0.6 is 15.9 Å². The lowest BCUT2D eigenvalue weighted by Crippen LogP contribution is -1.99. The number of rotatable bonds is 2. The number of aromatic nitrogens is 1. The minimum absolute atomic E-state index is 0.295. The summed E-state index contributed by atoms with van der Waals surface area (Å²) in [5.74, 6) is 0.583. The van der Waals surface area contributed by atoms with Gasteiger partial charge in [-0.05, 0) is 34.8 Å². The second-order valence-electron chi connectivity index (χ2n) is 2.93. The van der Waals surface area contributed by atoms with Crippen LogP contribution in [0.2, 0.25) is 0 Å². The normalized spacial score (nSPS) is 15.1. The van der Waals surface area contributed by atoms with Crippen molar-refractivity contribution in [3.8, 4) is 11.8 Å². The van der Waals surface area contributed by atoms with Crippen LogP contribution in [0.1, 0.15) is 18.5 Å². The van der Waals surface area contributed by atoms with Crippen molar-refractivity contribution in [2.45, 2.75) is 18.9 Å². The fourth-order valence-electron chi connectivity index (χ4n) is 0.960. The highest BCUT2D eigenvalue weighted by Crippen LogP contribution is 2.29. The Balaban J connectivity index is 2.29. The molecule has 1 fully saturated rings. The summed E-state index contributed by atoms with van der Waals surface area (Å²) < 4.78 is 6.35. The molecule has 0 spiro atoms. The molecule has 0 aromatic carbocycles. The monoisotopic (exact) mass is 238 g/mol. The smallest absolute Gasteiger partial charge is 0.182 e. The van der Waals surface area contributed by atoms with Gasteiger partial charge in [0.05, 0.1) is 6.10 Å². The predicted molar refractivity (Wildman–Crippen MR) is 50.3 cm³/mol. The van der Waals surface area contributed by atoms with Gasteiger partial charge in [0.25, 0.3) is 0 Å². The zero-order valence-electron chi connectivity index (χ0n) is 6.83. The van der Waals surface area contributed by atoms with Gasteiger partial charge in [-0.2, -0.15) is 5.26 Å². The maximum absolute atomic E-state index is 8.73. The second-order valence-corrected chi connectivity index (χ2v) is 3.84. The molecule has 0 bridgehead atoms. The summed E-state index contributed by atoms with van der Waals surface area (Å²) in [6.45, 7) is 0. The molecule has 0 atom stereocenters. The summed E-state index contributed by atoms with van der Waals surface area (Å²) in [5.41, 5.74) is 0.357. The quantitative estimate of drug-likeness (QED) is 0.795. The fourth-order valence-corrected chi connectivity index (χ4v) is 1.27. The molecule has 1 saturated carbocycles. The Hall–Kier alpha value is -1.08. The van der Waals surface area contributed by atoms with Crippen LogP contribution < -0.4 is 4.74 Å². The van der Waals surface area contributed by atoms with E-state index < -0.39 is 0 Å². The van der Waals surface area contributed by atoms with Gasteiger partial charge in [-0.3, -0.25) is 0 Å². The van der Waals surface area contributed by atoms with Crippen LogP contribution in [0.15, 0.2) is 16.7 Å². The first kappa shape index (κ1) is 8.52. The van der Waals surface area contributed by atoms with E-state index in [1.54, 1.807) is 12.3 Å². The molecule has 0 N–H and O–H groups in total. The summed E-state index contributed by atoms with van der Waals surface area (Å²) in [7, 11) is 0. The van der Waals surface area contributed by atoms with Gasteiger partial charge in [0.2, 0.25) is 0 Å². The number of hydrogen-bond donors (Lipinski definition) is 0. The molecule has 0 saturated heterocycles. The van der Waals surface area contributed by atoms with E-state index in [2.05, 4.69) is 20.9 Å². The Bertz CT molecular complexity index is 368. The molecule has 3 nitrogen and oxygen atoms in total.